The van der Waals surface area contributed by atoms with Gasteiger partial charge in [-0.3, -0.25) is 4.79 Å². The van der Waals surface area contributed by atoms with Gasteiger partial charge < -0.3 is 10.1 Å². The van der Waals surface area contributed by atoms with Crippen LogP contribution in [0.1, 0.15) is 36.1 Å². The maximum Gasteiger partial charge on any atom is 0.258 e. The van der Waals surface area contributed by atoms with Crippen LogP contribution in [0.5, 0.6) is 5.75 Å². The minimum absolute atomic E-state index is 0.0304. The SMILES string of the molecule is CC[C@@H](NC(=O)COc1cccc(C#N)c1)c1ccc(C)cc1. The van der Waals surface area contributed by atoms with Crippen LogP contribution < -0.4 is 10.1 Å². The molecule has 1 N–H and O–H groups in total. The van der Waals surface area contributed by atoms with Crippen molar-refractivity contribution in [1.82, 2.24) is 5.32 Å². The zero-order valence-electron chi connectivity index (χ0n) is 13.4. The highest BCUT2D eigenvalue weighted by Gasteiger charge is 2.13. The lowest BCUT2D eigenvalue weighted by molar-refractivity contribution is -0.123. The van der Waals surface area contributed by atoms with Gasteiger partial charge >= 0.3 is 0 Å². The van der Waals surface area contributed by atoms with Crippen LogP contribution in [-0.4, -0.2) is 12.5 Å². The maximum absolute atomic E-state index is 12.1. The van der Waals surface area contributed by atoms with Gasteiger partial charge in [0, 0.05) is 0 Å². The van der Waals surface area contributed by atoms with E-state index in [1.54, 1.807) is 24.3 Å². The first-order chi connectivity index (χ1) is 11.1. The molecule has 0 heterocycles. The number of nitrogens with zero attached hydrogens (tertiary/aromatic N) is 1. The van der Waals surface area contributed by atoms with Crippen molar-refractivity contribution in [1.29, 1.82) is 5.26 Å². The Labute approximate surface area is 136 Å². The van der Waals surface area contributed by atoms with E-state index in [4.69, 9.17) is 10.00 Å². The largest absolute Gasteiger partial charge is 0.484 e. The smallest absolute Gasteiger partial charge is 0.258 e. The fraction of sp³-hybridized carbons (Fsp3) is 0.263. The molecule has 0 radical (unpaired) electrons. The van der Waals surface area contributed by atoms with E-state index in [0.29, 0.717) is 11.3 Å². The third-order valence-corrected chi connectivity index (χ3v) is 3.56. The molecule has 0 spiro atoms. The number of hydrogen-bond donors (Lipinski definition) is 1. The molecule has 1 amide bonds. The summed E-state index contributed by atoms with van der Waals surface area (Å²) in [5.74, 6) is 0.336. The summed E-state index contributed by atoms with van der Waals surface area (Å²) >= 11 is 0. The van der Waals surface area contributed by atoms with Gasteiger partial charge in [0.1, 0.15) is 5.75 Å². The molecule has 2 aromatic rings. The molecule has 23 heavy (non-hydrogen) atoms. The topological polar surface area (TPSA) is 62.1 Å². The Morgan fingerprint density at radius 2 is 2.00 bits per heavy atom. The molecule has 0 fully saturated rings. The van der Waals surface area contributed by atoms with Crippen molar-refractivity contribution in [2.45, 2.75) is 26.3 Å². The summed E-state index contributed by atoms with van der Waals surface area (Å²) < 4.78 is 5.45. The molecule has 118 valence electrons. The van der Waals surface area contributed by atoms with E-state index < -0.39 is 0 Å². The Morgan fingerprint density at radius 3 is 2.65 bits per heavy atom. The van der Waals surface area contributed by atoms with E-state index in [1.165, 1.54) is 5.56 Å². The number of carbonyl (C=O) groups excluding carboxylic acids is 1. The second-order valence-corrected chi connectivity index (χ2v) is 5.37. The van der Waals surface area contributed by atoms with Gasteiger partial charge in [0.05, 0.1) is 17.7 Å². The molecule has 0 saturated heterocycles. The van der Waals surface area contributed by atoms with Gasteiger partial charge in [0.25, 0.3) is 5.91 Å². The van der Waals surface area contributed by atoms with Crippen LogP contribution in [0.2, 0.25) is 0 Å². The minimum Gasteiger partial charge on any atom is -0.484 e. The first kappa shape index (κ1) is 16.6. The van der Waals surface area contributed by atoms with Crippen molar-refractivity contribution in [3.63, 3.8) is 0 Å². The highest BCUT2D eigenvalue weighted by Crippen LogP contribution is 2.17. The van der Waals surface area contributed by atoms with Crippen molar-refractivity contribution in [2.24, 2.45) is 0 Å². The van der Waals surface area contributed by atoms with Crippen LogP contribution >= 0.6 is 0 Å². The Bertz CT molecular complexity index is 702. The van der Waals surface area contributed by atoms with Gasteiger partial charge in [0.2, 0.25) is 0 Å². The predicted octanol–water partition coefficient (Wildman–Crippen LogP) is 3.51. The molecule has 1 atom stereocenters. The van der Waals surface area contributed by atoms with Gasteiger partial charge in [-0.2, -0.15) is 5.26 Å². The van der Waals surface area contributed by atoms with Crippen LogP contribution in [0.3, 0.4) is 0 Å². The van der Waals surface area contributed by atoms with Crippen molar-refractivity contribution in [3.8, 4) is 11.8 Å². The van der Waals surface area contributed by atoms with Crippen molar-refractivity contribution in [3.05, 3.63) is 65.2 Å². The average Bonchev–Trinajstić information content (AvgIpc) is 2.59. The number of rotatable bonds is 6. The number of nitriles is 1. The monoisotopic (exact) mass is 308 g/mol. The van der Waals surface area contributed by atoms with Gasteiger partial charge in [-0.1, -0.05) is 42.8 Å². The van der Waals surface area contributed by atoms with Crippen LogP contribution in [0.15, 0.2) is 48.5 Å². The fourth-order valence-electron chi connectivity index (χ4n) is 2.26. The maximum atomic E-state index is 12.1. The Morgan fingerprint density at radius 1 is 1.26 bits per heavy atom. The first-order valence-corrected chi connectivity index (χ1v) is 7.61. The summed E-state index contributed by atoms with van der Waals surface area (Å²) in [6.07, 6.45) is 0.804. The summed E-state index contributed by atoms with van der Waals surface area (Å²) in [6.45, 7) is 3.99. The number of benzene rings is 2. The Hall–Kier alpha value is -2.80. The first-order valence-electron chi connectivity index (χ1n) is 7.61. The minimum atomic E-state index is -0.181. The summed E-state index contributed by atoms with van der Waals surface area (Å²) in [7, 11) is 0. The van der Waals surface area contributed by atoms with Gasteiger partial charge in [-0.15, -0.1) is 0 Å². The number of nitrogens with one attached hydrogen (secondary N) is 1. The molecular formula is C19H20N2O2. The summed E-state index contributed by atoms with van der Waals surface area (Å²) in [6, 6.07) is 16.9. The zero-order chi connectivity index (χ0) is 16.7. The molecule has 0 aliphatic heterocycles. The second kappa shape index (κ2) is 8.00. The molecule has 2 aromatic carbocycles. The summed E-state index contributed by atoms with van der Waals surface area (Å²) in [5.41, 5.74) is 2.78. The molecule has 0 aliphatic carbocycles. The fourth-order valence-corrected chi connectivity index (χ4v) is 2.26. The van der Waals surface area contributed by atoms with E-state index in [1.807, 2.05) is 44.2 Å². The van der Waals surface area contributed by atoms with E-state index in [-0.39, 0.29) is 18.6 Å². The number of hydrogen-bond acceptors (Lipinski definition) is 3. The molecule has 0 aliphatic rings. The highest BCUT2D eigenvalue weighted by atomic mass is 16.5. The number of aryl methyl sites for hydroxylation is 1. The van der Waals surface area contributed by atoms with E-state index in [2.05, 4.69) is 5.32 Å². The van der Waals surface area contributed by atoms with Crippen LogP contribution in [-0.2, 0) is 4.79 Å². The third-order valence-electron chi connectivity index (χ3n) is 3.56. The molecular weight excluding hydrogens is 288 g/mol. The third kappa shape index (κ3) is 4.86. The van der Waals surface area contributed by atoms with Crippen molar-refractivity contribution >= 4 is 5.91 Å². The van der Waals surface area contributed by atoms with Crippen LogP contribution in [0.25, 0.3) is 0 Å². The number of amides is 1. The molecule has 4 heteroatoms. The quantitative estimate of drug-likeness (QED) is 0.888. The van der Waals surface area contributed by atoms with Gasteiger partial charge in [0.15, 0.2) is 6.61 Å². The predicted molar refractivity (Wildman–Crippen MR) is 89.0 cm³/mol. The standard InChI is InChI=1S/C19H20N2O2/c1-3-18(16-9-7-14(2)8-10-16)21-19(22)13-23-17-6-4-5-15(11-17)12-20/h4-11,18H,3,13H2,1-2H3,(H,21,22)/t18-/m1/s1. The summed E-state index contributed by atoms with van der Waals surface area (Å²) in [5, 5.41) is 11.8. The molecule has 0 aromatic heterocycles. The second-order valence-electron chi connectivity index (χ2n) is 5.37. The van der Waals surface area contributed by atoms with Gasteiger partial charge in [-0.25, -0.2) is 0 Å². The van der Waals surface area contributed by atoms with E-state index >= 15 is 0 Å². The molecule has 0 unspecified atom stereocenters. The highest BCUT2D eigenvalue weighted by molar-refractivity contribution is 5.78. The van der Waals surface area contributed by atoms with Gasteiger partial charge in [-0.05, 0) is 37.1 Å². The lowest BCUT2D eigenvalue weighted by Crippen LogP contribution is -2.32. The van der Waals surface area contributed by atoms with Crippen LogP contribution in [0.4, 0.5) is 0 Å². The molecule has 0 bridgehead atoms. The Balaban J connectivity index is 1.92. The Kier molecular flexibility index (Phi) is 5.76. The molecule has 4 nitrogen and oxygen atoms in total. The average molecular weight is 308 g/mol. The number of carbonyl (C=O) groups is 1. The normalized spacial score (nSPS) is 11.3. The number of ether oxygens (including phenoxy) is 1. The lowest BCUT2D eigenvalue weighted by atomic mass is 10.0. The van der Waals surface area contributed by atoms with Crippen molar-refractivity contribution < 1.29 is 9.53 Å². The van der Waals surface area contributed by atoms with Crippen molar-refractivity contribution in [2.75, 3.05) is 6.61 Å². The molecule has 0 saturated carbocycles. The molecule has 2 rings (SSSR count). The zero-order valence-corrected chi connectivity index (χ0v) is 13.4. The lowest BCUT2D eigenvalue weighted by Gasteiger charge is -2.18. The van der Waals surface area contributed by atoms with E-state index in [0.717, 1.165) is 12.0 Å². The van der Waals surface area contributed by atoms with E-state index in [9.17, 15) is 4.79 Å². The van der Waals surface area contributed by atoms with Crippen LogP contribution in [0, 0.1) is 18.3 Å². The summed E-state index contributed by atoms with van der Waals surface area (Å²) in [4.78, 5) is 12.1.